The van der Waals surface area contributed by atoms with Gasteiger partial charge >= 0.3 is 0 Å². The van der Waals surface area contributed by atoms with Crippen LogP contribution >= 0.6 is 0 Å². The Hall–Kier alpha value is -2.44. The summed E-state index contributed by atoms with van der Waals surface area (Å²) in [5.41, 5.74) is 3.88. The van der Waals surface area contributed by atoms with Gasteiger partial charge < -0.3 is 0 Å². The summed E-state index contributed by atoms with van der Waals surface area (Å²) in [5, 5.41) is 20.7. The van der Waals surface area contributed by atoms with Crippen molar-refractivity contribution in [1.29, 1.82) is 0 Å². The molecule has 3 aromatic rings. The van der Waals surface area contributed by atoms with Crippen LogP contribution in [0.4, 0.5) is 0 Å². The number of aromatic nitrogens is 7. The number of hydrogen-bond acceptors (Lipinski definition) is 4. The molecule has 162 valence electrons. The Kier molecular flexibility index (Phi) is 7.95. The first-order chi connectivity index (χ1) is 13.1. The van der Waals surface area contributed by atoms with Crippen molar-refractivity contribution in [3.05, 3.63) is 47.1 Å². The van der Waals surface area contributed by atoms with Crippen LogP contribution in [0.15, 0.2) is 18.3 Å². The Balaban J connectivity index is 0.000000218. The molecule has 0 aliphatic carbocycles. The number of H-pyrrole nitrogens is 3. The van der Waals surface area contributed by atoms with E-state index < -0.39 is 0 Å². The van der Waals surface area contributed by atoms with Gasteiger partial charge in [-0.1, -0.05) is 62.3 Å². The van der Waals surface area contributed by atoms with Gasteiger partial charge in [0.2, 0.25) is 0 Å². The zero-order valence-electron chi connectivity index (χ0n) is 20.0. The lowest BCUT2D eigenvalue weighted by atomic mass is 9.92. The molecule has 0 fully saturated rings. The zero-order valence-corrected chi connectivity index (χ0v) is 20.0. The van der Waals surface area contributed by atoms with Crippen molar-refractivity contribution in [1.82, 2.24) is 35.6 Å². The van der Waals surface area contributed by atoms with Crippen molar-refractivity contribution < 1.29 is 0 Å². The molecule has 7 nitrogen and oxygen atoms in total. The van der Waals surface area contributed by atoms with E-state index in [1.165, 1.54) is 5.69 Å². The maximum atomic E-state index is 4.22. The summed E-state index contributed by atoms with van der Waals surface area (Å²) in [7, 11) is 0. The largest absolute Gasteiger partial charge is 0.283 e. The minimum atomic E-state index is 0.0603. The third-order valence-corrected chi connectivity index (χ3v) is 4.05. The highest BCUT2D eigenvalue weighted by Crippen LogP contribution is 2.20. The molecule has 0 bridgehead atoms. The van der Waals surface area contributed by atoms with E-state index in [4.69, 9.17) is 0 Å². The third kappa shape index (κ3) is 8.62. The highest BCUT2D eigenvalue weighted by molar-refractivity contribution is 5.14. The highest BCUT2D eigenvalue weighted by Gasteiger charge is 2.18. The van der Waals surface area contributed by atoms with E-state index in [-0.39, 0.29) is 16.2 Å². The molecular weight excluding hydrogens is 362 g/mol. The normalized spacial score (nSPS) is 12.0. The first-order valence-corrected chi connectivity index (χ1v) is 10.0. The zero-order chi connectivity index (χ0) is 22.5. The van der Waals surface area contributed by atoms with Crippen molar-refractivity contribution in [2.75, 3.05) is 0 Å². The van der Waals surface area contributed by atoms with Crippen LogP contribution in [0.1, 0.15) is 91.0 Å². The van der Waals surface area contributed by atoms with E-state index >= 15 is 0 Å². The van der Waals surface area contributed by atoms with Gasteiger partial charge in [-0.25, -0.2) is 4.98 Å². The van der Waals surface area contributed by atoms with Gasteiger partial charge in [0.15, 0.2) is 5.82 Å². The maximum Gasteiger partial charge on any atom is 0.155 e. The fourth-order valence-electron chi connectivity index (χ4n) is 2.15. The van der Waals surface area contributed by atoms with Gasteiger partial charge in [0, 0.05) is 33.8 Å². The summed E-state index contributed by atoms with van der Waals surface area (Å²) < 4.78 is 0. The molecule has 7 heteroatoms. The van der Waals surface area contributed by atoms with E-state index in [0.29, 0.717) is 0 Å². The van der Waals surface area contributed by atoms with Gasteiger partial charge in [-0.2, -0.15) is 15.3 Å². The first-order valence-electron chi connectivity index (χ1n) is 10.0. The summed E-state index contributed by atoms with van der Waals surface area (Å²) >= 11 is 0. The first kappa shape index (κ1) is 24.6. The van der Waals surface area contributed by atoms with Crippen molar-refractivity contribution >= 4 is 0 Å². The van der Waals surface area contributed by atoms with Crippen LogP contribution in [0, 0.1) is 13.8 Å². The molecule has 3 aromatic heterocycles. The quantitative estimate of drug-likeness (QED) is 0.486. The minimum Gasteiger partial charge on any atom is -0.283 e. The SMILES string of the molecule is CC(C)(C)c1ccn[nH]1.Cc1cc(C(C)(C)C)n[nH]1.Cc1nc(C(C)(C)C)n[nH]1. The van der Waals surface area contributed by atoms with Crippen LogP contribution in [0.5, 0.6) is 0 Å². The van der Waals surface area contributed by atoms with E-state index in [9.17, 15) is 0 Å². The minimum absolute atomic E-state index is 0.0603. The summed E-state index contributed by atoms with van der Waals surface area (Å²) in [4.78, 5) is 4.22. The van der Waals surface area contributed by atoms with Crippen LogP contribution in [0.2, 0.25) is 0 Å². The predicted octanol–water partition coefficient (Wildman–Crippen LogP) is 5.13. The molecule has 29 heavy (non-hydrogen) atoms. The average Bonchev–Trinajstić information content (AvgIpc) is 3.26. The molecule has 3 N–H and O–H groups in total. The van der Waals surface area contributed by atoms with Gasteiger partial charge in [-0.05, 0) is 26.0 Å². The van der Waals surface area contributed by atoms with E-state index in [2.05, 4.69) is 104 Å². The van der Waals surface area contributed by atoms with Crippen molar-refractivity contribution in [2.45, 2.75) is 92.4 Å². The monoisotopic (exact) mass is 401 g/mol. The molecule has 0 saturated carbocycles. The molecule has 0 aliphatic heterocycles. The van der Waals surface area contributed by atoms with Gasteiger partial charge in [0.25, 0.3) is 0 Å². The smallest absolute Gasteiger partial charge is 0.155 e. The summed E-state index contributed by atoms with van der Waals surface area (Å²) in [6.07, 6.45) is 1.78. The second-order valence-corrected chi connectivity index (χ2v) is 10.4. The molecule has 0 amide bonds. The molecule has 0 aliphatic rings. The lowest BCUT2D eigenvalue weighted by Gasteiger charge is -2.14. The molecule has 0 atom stereocenters. The van der Waals surface area contributed by atoms with Gasteiger partial charge in [-0.15, -0.1) is 0 Å². The van der Waals surface area contributed by atoms with Gasteiger partial charge in [0.05, 0.1) is 5.69 Å². The number of nitrogens with zero attached hydrogens (tertiary/aromatic N) is 4. The van der Waals surface area contributed by atoms with E-state index in [1.54, 1.807) is 6.20 Å². The highest BCUT2D eigenvalue weighted by atomic mass is 15.2. The summed E-state index contributed by atoms with van der Waals surface area (Å²) in [6, 6.07) is 4.08. The van der Waals surface area contributed by atoms with Gasteiger partial charge in [-0.3, -0.25) is 15.3 Å². The standard InChI is InChI=1S/C8H14N2.C7H13N3.C7H12N2/c1-6-5-7(10-9-6)8(2,3)4;1-5-8-6(10-9-5)7(2,3)4;1-7(2,3)6-4-5-8-9-6/h5H,1-4H3,(H,9,10);1-4H3,(H,8,9,10);4-5H,1-3H3,(H,8,9). The van der Waals surface area contributed by atoms with Crippen LogP contribution in [0.3, 0.4) is 0 Å². The van der Waals surface area contributed by atoms with Crippen molar-refractivity contribution in [3.8, 4) is 0 Å². The Morgan fingerprint density at radius 1 is 0.724 bits per heavy atom. The Labute approximate surface area is 175 Å². The topological polar surface area (TPSA) is 98.9 Å². The van der Waals surface area contributed by atoms with Crippen molar-refractivity contribution in [2.24, 2.45) is 0 Å². The Morgan fingerprint density at radius 2 is 1.34 bits per heavy atom. The fraction of sp³-hybridized carbons (Fsp3) is 0.636. The molecular formula is C22H39N7. The second-order valence-electron chi connectivity index (χ2n) is 10.4. The molecule has 0 aromatic carbocycles. The fourth-order valence-corrected chi connectivity index (χ4v) is 2.15. The Bertz CT molecular complexity index is 785. The number of aryl methyl sites for hydroxylation is 2. The predicted molar refractivity (Wildman–Crippen MR) is 119 cm³/mol. The van der Waals surface area contributed by atoms with Gasteiger partial charge in [0.1, 0.15) is 5.82 Å². The lowest BCUT2D eigenvalue weighted by Crippen LogP contribution is -2.13. The number of nitrogens with one attached hydrogen (secondary N) is 3. The number of rotatable bonds is 0. The number of hydrogen-bond donors (Lipinski definition) is 3. The van der Waals surface area contributed by atoms with Crippen LogP contribution in [-0.2, 0) is 16.2 Å². The van der Waals surface area contributed by atoms with Crippen LogP contribution in [-0.4, -0.2) is 35.6 Å². The second kappa shape index (κ2) is 9.37. The molecule has 0 radical (unpaired) electrons. The van der Waals surface area contributed by atoms with Crippen LogP contribution in [0.25, 0.3) is 0 Å². The van der Waals surface area contributed by atoms with Crippen molar-refractivity contribution in [3.63, 3.8) is 0 Å². The molecule has 0 saturated heterocycles. The average molecular weight is 402 g/mol. The third-order valence-electron chi connectivity index (χ3n) is 4.05. The van der Waals surface area contributed by atoms with E-state index in [1.807, 2.05) is 19.9 Å². The van der Waals surface area contributed by atoms with E-state index in [0.717, 1.165) is 23.0 Å². The molecule has 3 heterocycles. The molecule has 0 unspecified atom stereocenters. The molecule has 0 spiro atoms. The Morgan fingerprint density at radius 3 is 1.55 bits per heavy atom. The molecule has 3 rings (SSSR count). The summed E-state index contributed by atoms with van der Waals surface area (Å²) in [6.45, 7) is 23.1. The van der Waals surface area contributed by atoms with Crippen LogP contribution < -0.4 is 0 Å². The maximum absolute atomic E-state index is 4.22. The lowest BCUT2D eigenvalue weighted by molar-refractivity contribution is 0.548. The summed E-state index contributed by atoms with van der Waals surface area (Å²) in [5.74, 6) is 1.76. The number of aromatic amines is 3.